The van der Waals surface area contributed by atoms with E-state index < -0.39 is 11.8 Å². The Labute approximate surface area is 119 Å². The van der Waals surface area contributed by atoms with E-state index in [1.54, 1.807) is 38.1 Å². The Balaban J connectivity index is 2.35. The summed E-state index contributed by atoms with van der Waals surface area (Å²) in [5.41, 5.74) is 1.88. The van der Waals surface area contributed by atoms with E-state index in [9.17, 15) is 14.3 Å². The fourth-order valence-electron chi connectivity index (χ4n) is 2.36. The second-order valence-corrected chi connectivity index (χ2v) is 4.80. The van der Waals surface area contributed by atoms with Crippen molar-refractivity contribution in [2.24, 2.45) is 0 Å². The Morgan fingerprint density at radius 2 is 2.00 bits per heavy atom. The molecule has 0 radical (unpaired) electrons. The summed E-state index contributed by atoms with van der Waals surface area (Å²) < 4.78 is 15.3. The van der Waals surface area contributed by atoms with Gasteiger partial charge in [0, 0.05) is 5.69 Å². The SMILES string of the molecule is Cc1cc(C)n2nc(-c3ccccc3F)nc2c1C(=O)O. The van der Waals surface area contributed by atoms with Crippen LogP contribution in [0.5, 0.6) is 0 Å². The summed E-state index contributed by atoms with van der Waals surface area (Å²) in [6, 6.07) is 7.85. The van der Waals surface area contributed by atoms with Crippen LogP contribution >= 0.6 is 0 Å². The minimum atomic E-state index is -1.08. The van der Waals surface area contributed by atoms with Crippen LogP contribution < -0.4 is 0 Å². The second-order valence-electron chi connectivity index (χ2n) is 4.80. The summed E-state index contributed by atoms with van der Waals surface area (Å²) in [7, 11) is 0. The van der Waals surface area contributed by atoms with Crippen LogP contribution in [-0.2, 0) is 0 Å². The van der Waals surface area contributed by atoms with Crippen LogP contribution in [0.4, 0.5) is 4.39 Å². The van der Waals surface area contributed by atoms with Crippen molar-refractivity contribution in [1.29, 1.82) is 0 Å². The summed E-state index contributed by atoms with van der Waals surface area (Å²) in [6.07, 6.45) is 0. The molecule has 0 unspecified atom stereocenters. The summed E-state index contributed by atoms with van der Waals surface area (Å²) in [5.74, 6) is -1.35. The normalized spacial score (nSPS) is 11.0. The average Bonchev–Trinajstić information content (AvgIpc) is 2.83. The predicted molar refractivity (Wildman–Crippen MR) is 74.8 cm³/mol. The van der Waals surface area contributed by atoms with E-state index >= 15 is 0 Å². The number of carboxylic acids is 1. The highest BCUT2D eigenvalue weighted by molar-refractivity contribution is 5.96. The number of carboxylic acid groups (broad SMARTS) is 1. The van der Waals surface area contributed by atoms with Gasteiger partial charge in [-0.05, 0) is 37.6 Å². The van der Waals surface area contributed by atoms with Crippen LogP contribution in [0.15, 0.2) is 30.3 Å². The number of hydrogen-bond acceptors (Lipinski definition) is 3. The molecule has 0 saturated heterocycles. The predicted octanol–water partition coefficient (Wildman–Crippen LogP) is 2.85. The van der Waals surface area contributed by atoms with Gasteiger partial charge in [-0.25, -0.2) is 18.7 Å². The Bertz CT molecular complexity index is 871. The standard InChI is InChI=1S/C15H12FN3O2/c1-8-7-9(2)19-14(12(8)15(20)21)17-13(18-19)10-5-3-4-6-11(10)16/h3-7H,1-2H3,(H,20,21). The molecule has 0 atom stereocenters. The molecular formula is C15H12FN3O2. The van der Waals surface area contributed by atoms with Crippen LogP contribution in [0, 0.1) is 19.7 Å². The van der Waals surface area contributed by atoms with E-state index in [0.29, 0.717) is 5.56 Å². The molecule has 1 N–H and O–H groups in total. The van der Waals surface area contributed by atoms with Gasteiger partial charge in [0.1, 0.15) is 11.4 Å². The maximum Gasteiger partial charge on any atom is 0.339 e. The lowest BCUT2D eigenvalue weighted by Crippen LogP contribution is -2.06. The Kier molecular flexibility index (Phi) is 2.94. The molecule has 5 nitrogen and oxygen atoms in total. The molecule has 0 saturated carbocycles. The maximum atomic E-state index is 13.8. The number of aromatic carboxylic acids is 1. The minimum Gasteiger partial charge on any atom is -0.478 e. The molecule has 0 fully saturated rings. The number of aromatic nitrogens is 3. The summed E-state index contributed by atoms with van der Waals surface area (Å²) in [6.45, 7) is 3.50. The number of aryl methyl sites for hydroxylation is 2. The number of hydrogen-bond donors (Lipinski definition) is 1. The number of pyridine rings is 1. The number of rotatable bonds is 2. The highest BCUT2D eigenvalue weighted by Gasteiger charge is 2.19. The molecule has 2 aromatic heterocycles. The number of nitrogens with zero attached hydrogens (tertiary/aromatic N) is 3. The largest absolute Gasteiger partial charge is 0.478 e. The fraction of sp³-hybridized carbons (Fsp3) is 0.133. The summed E-state index contributed by atoms with van der Waals surface area (Å²) in [4.78, 5) is 15.6. The van der Waals surface area contributed by atoms with E-state index in [2.05, 4.69) is 10.1 Å². The van der Waals surface area contributed by atoms with Gasteiger partial charge in [-0.15, -0.1) is 5.10 Å². The molecule has 3 aromatic rings. The summed E-state index contributed by atoms with van der Waals surface area (Å²) in [5, 5.41) is 13.6. The van der Waals surface area contributed by atoms with Gasteiger partial charge >= 0.3 is 5.97 Å². The van der Waals surface area contributed by atoms with E-state index in [0.717, 1.165) is 5.69 Å². The van der Waals surface area contributed by atoms with Gasteiger partial charge in [0.25, 0.3) is 0 Å². The summed E-state index contributed by atoms with van der Waals surface area (Å²) >= 11 is 0. The molecule has 106 valence electrons. The van der Waals surface area contributed by atoms with Crippen molar-refractivity contribution in [3.63, 3.8) is 0 Å². The second kappa shape index (κ2) is 4.66. The monoisotopic (exact) mass is 285 g/mol. The van der Waals surface area contributed by atoms with Crippen molar-refractivity contribution < 1.29 is 14.3 Å². The highest BCUT2D eigenvalue weighted by Crippen LogP contribution is 2.23. The smallest absolute Gasteiger partial charge is 0.339 e. The van der Waals surface area contributed by atoms with Gasteiger partial charge in [0.2, 0.25) is 0 Å². The van der Waals surface area contributed by atoms with Gasteiger partial charge in [-0.1, -0.05) is 12.1 Å². The molecule has 0 aliphatic carbocycles. The molecule has 0 aliphatic rings. The zero-order valence-corrected chi connectivity index (χ0v) is 11.5. The maximum absolute atomic E-state index is 13.8. The van der Waals surface area contributed by atoms with E-state index in [4.69, 9.17) is 0 Å². The van der Waals surface area contributed by atoms with Crippen molar-refractivity contribution in [2.75, 3.05) is 0 Å². The van der Waals surface area contributed by atoms with Gasteiger partial charge in [-0.3, -0.25) is 0 Å². The average molecular weight is 285 g/mol. The van der Waals surface area contributed by atoms with Gasteiger partial charge in [0.15, 0.2) is 11.5 Å². The van der Waals surface area contributed by atoms with Crippen LogP contribution in [-0.4, -0.2) is 25.7 Å². The third-order valence-corrected chi connectivity index (χ3v) is 3.31. The molecule has 1 aromatic carbocycles. The minimum absolute atomic E-state index is 0.0793. The molecule has 0 amide bonds. The Morgan fingerprint density at radius 1 is 1.29 bits per heavy atom. The van der Waals surface area contributed by atoms with Crippen molar-refractivity contribution in [3.05, 3.63) is 53.0 Å². The van der Waals surface area contributed by atoms with Crippen molar-refractivity contribution >= 4 is 11.6 Å². The third-order valence-electron chi connectivity index (χ3n) is 3.31. The molecule has 0 bridgehead atoms. The van der Waals surface area contributed by atoms with Crippen LogP contribution in [0.2, 0.25) is 0 Å². The highest BCUT2D eigenvalue weighted by atomic mass is 19.1. The first-order valence-electron chi connectivity index (χ1n) is 6.34. The lowest BCUT2D eigenvalue weighted by atomic mass is 10.1. The molecule has 0 spiro atoms. The van der Waals surface area contributed by atoms with Crippen molar-refractivity contribution in [2.45, 2.75) is 13.8 Å². The molecular weight excluding hydrogens is 273 g/mol. The zero-order valence-electron chi connectivity index (χ0n) is 11.5. The number of fused-ring (bicyclic) bond motifs is 1. The van der Waals surface area contributed by atoms with Crippen molar-refractivity contribution in [3.8, 4) is 11.4 Å². The van der Waals surface area contributed by atoms with Gasteiger partial charge in [-0.2, -0.15) is 0 Å². The van der Waals surface area contributed by atoms with Crippen LogP contribution in [0.3, 0.4) is 0 Å². The van der Waals surface area contributed by atoms with E-state index in [1.165, 1.54) is 10.6 Å². The molecule has 6 heteroatoms. The lowest BCUT2D eigenvalue weighted by molar-refractivity contribution is 0.0697. The lowest BCUT2D eigenvalue weighted by Gasteiger charge is -2.04. The number of carbonyl (C=O) groups is 1. The molecule has 21 heavy (non-hydrogen) atoms. The fourth-order valence-corrected chi connectivity index (χ4v) is 2.36. The zero-order chi connectivity index (χ0) is 15.1. The van der Waals surface area contributed by atoms with E-state index in [1.807, 2.05) is 0 Å². The van der Waals surface area contributed by atoms with Gasteiger partial charge < -0.3 is 5.11 Å². The first-order valence-corrected chi connectivity index (χ1v) is 6.34. The number of benzene rings is 1. The quantitative estimate of drug-likeness (QED) is 0.786. The Hall–Kier alpha value is -2.76. The first kappa shape index (κ1) is 13.2. The molecule has 3 rings (SSSR count). The molecule has 0 aliphatic heterocycles. The number of halogens is 1. The first-order chi connectivity index (χ1) is 9.99. The van der Waals surface area contributed by atoms with E-state index in [-0.39, 0.29) is 22.6 Å². The molecule has 2 heterocycles. The van der Waals surface area contributed by atoms with Gasteiger partial charge in [0.05, 0.1) is 5.56 Å². The van der Waals surface area contributed by atoms with Crippen LogP contribution in [0.25, 0.3) is 17.0 Å². The third kappa shape index (κ3) is 2.05. The van der Waals surface area contributed by atoms with Crippen molar-refractivity contribution in [1.82, 2.24) is 14.6 Å². The topological polar surface area (TPSA) is 67.5 Å². The Morgan fingerprint density at radius 3 is 2.67 bits per heavy atom. The van der Waals surface area contributed by atoms with Crippen LogP contribution in [0.1, 0.15) is 21.6 Å².